The van der Waals surface area contributed by atoms with Crippen molar-refractivity contribution in [3.8, 4) is 0 Å². The largest absolute Gasteiger partial charge is 0.336 e. The molecule has 1 aliphatic rings. The van der Waals surface area contributed by atoms with Gasteiger partial charge in [-0.05, 0) is 45.6 Å². The highest BCUT2D eigenvalue weighted by molar-refractivity contribution is 5.74. The van der Waals surface area contributed by atoms with Gasteiger partial charge < -0.3 is 10.6 Å². The summed E-state index contributed by atoms with van der Waals surface area (Å²) in [5, 5.41) is 9.89. The van der Waals surface area contributed by atoms with Crippen molar-refractivity contribution in [1.82, 2.24) is 20.4 Å². The van der Waals surface area contributed by atoms with E-state index < -0.39 is 0 Å². The summed E-state index contributed by atoms with van der Waals surface area (Å²) in [6.07, 6.45) is 2.95. The summed E-state index contributed by atoms with van der Waals surface area (Å²) < 4.78 is 1.43. The van der Waals surface area contributed by atoms with Gasteiger partial charge in [-0.3, -0.25) is 4.79 Å². The molecule has 1 aromatic rings. The van der Waals surface area contributed by atoms with Gasteiger partial charge in [0.05, 0.1) is 12.2 Å². The van der Waals surface area contributed by atoms with Crippen LogP contribution in [0.3, 0.4) is 0 Å². The van der Waals surface area contributed by atoms with E-state index in [0.29, 0.717) is 13.1 Å². The molecule has 0 aromatic carbocycles. The van der Waals surface area contributed by atoms with Crippen LogP contribution in [-0.4, -0.2) is 27.9 Å². The Bertz CT molecular complexity index is 557. The number of hydrogen-bond acceptors (Lipinski definition) is 3. The number of aromatic nitrogens is 2. The first-order valence-electron chi connectivity index (χ1n) is 7.01. The average Bonchev–Trinajstić information content (AvgIpc) is 2.73. The minimum atomic E-state index is -0.271. The Morgan fingerprint density at radius 3 is 2.85 bits per heavy atom. The van der Waals surface area contributed by atoms with Gasteiger partial charge >= 0.3 is 6.03 Å². The third-order valence-corrected chi connectivity index (χ3v) is 3.12. The van der Waals surface area contributed by atoms with Crippen LogP contribution in [0, 0.1) is 0 Å². The highest BCUT2D eigenvalue weighted by Gasteiger charge is 2.15. The van der Waals surface area contributed by atoms with Crippen molar-refractivity contribution in [3.05, 3.63) is 27.7 Å². The zero-order valence-corrected chi connectivity index (χ0v) is 12.3. The molecule has 20 heavy (non-hydrogen) atoms. The molecule has 1 aromatic heterocycles. The summed E-state index contributed by atoms with van der Waals surface area (Å²) in [4.78, 5) is 23.4. The molecule has 0 radical (unpaired) electrons. The lowest BCUT2D eigenvalue weighted by Crippen LogP contribution is -2.47. The third-order valence-electron chi connectivity index (χ3n) is 3.12. The number of carbonyl (C=O) groups is 1. The quantitative estimate of drug-likeness (QED) is 0.860. The number of urea groups is 1. The van der Waals surface area contributed by atoms with Crippen LogP contribution in [0.4, 0.5) is 4.79 Å². The van der Waals surface area contributed by atoms with E-state index in [4.69, 9.17) is 0 Å². The second kappa shape index (κ2) is 5.64. The molecule has 110 valence electrons. The van der Waals surface area contributed by atoms with Crippen molar-refractivity contribution >= 4 is 6.03 Å². The molecule has 2 N–H and O–H groups in total. The summed E-state index contributed by atoms with van der Waals surface area (Å²) in [7, 11) is 0. The van der Waals surface area contributed by atoms with Crippen molar-refractivity contribution in [2.75, 3.05) is 6.54 Å². The number of nitrogens with one attached hydrogen (secondary N) is 2. The summed E-state index contributed by atoms with van der Waals surface area (Å²) in [6, 6.07) is 1.44. The molecule has 0 fully saturated rings. The minimum Gasteiger partial charge on any atom is -0.336 e. The number of aryl methyl sites for hydroxylation is 2. The molecule has 6 heteroatoms. The molecule has 0 unspecified atom stereocenters. The zero-order valence-electron chi connectivity index (χ0n) is 12.3. The Hall–Kier alpha value is -1.85. The Balaban J connectivity index is 1.89. The molecule has 1 aliphatic carbocycles. The van der Waals surface area contributed by atoms with Crippen LogP contribution in [0.25, 0.3) is 0 Å². The number of nitrogens with zero attached hydrogens (tertiary/aromatic N) is 2. The summed E-state index contributed by atoms with van der Waals surface area (Å²) in [6.45, 7) is 6.52. The van der Waals surface area contributed by atoms with E-state index in [2.05, 4.69) is 15.7 Å². The Morgan fingerprint density at radius 2 is 2.15 bits per heavy atom. The maximum absolute atomic E-state index is 11.9. The van der Waals surface area contributed by atoms with Gasteiger partial charge in [-0.25, -0.2) is 9.48 Å². The highest BCUT2D eigenvalue weighted by Crippen LogP contribution is 2.16. The second-order valence-corrected chi connectivity index (χ2v) is 6.16. The van der Waals surface area contributed by atoms with Crippen LogP contribution in [0.15, 0.2) is 10.9 Å². The van der Waals surface area contributed by atoms with Crippen LogP contribution in [0.2, 0.25) is 0 Å². The fraction of sp³-hybridized carbons (Fsp3) is 0.643. The van der Waals surface area contributed by atoms with E-state index in [0.717, 1.165) is 30.5 Å². The Labute approximate surface area is 118 Å². The van der Waals surface area contributed by atoms with E-state index in [-0.39, 0.29) is 17.1 Å². The van der Waals surface area contributed by atoms with Gasteiger partial charge in [0.25, 0.3) is 5.56 Å². The minimum absolute atomic E-state index is 0.0938. The molecular formula is C14H22N4O2. The standard InChI is InChI=1S/C14H22N4O2/c1-14(2,3)16-13(20)15-7-8-18-12(19)9-10-5-4-6-11(10)17-18/h9H,4-8H2,1-3H3,(H2,15,16,20). The summed E-state index contributed by atoms with van der Waals surface area (Å²) >= 11 is 0. The van der Waals surface area contributed by atoms with Gasteiger partial charge in [-0.15, -0.1) is 0 Å². The van der Waals surface area contributed by atoms with Crippen molar-refractivity contribution in [1.29, 1.82) is 0 Å². The van der Waals surface area contributed by atoms with E-state index in [1.54, 1.807) is 6.07 Å². The first kappa shape index (κ1) is 14.6. The topological polar surface area (TPSA) is 76.0 Å². The Kier molecular flexibility index (Phi) is 4.11. The van der Waals surface area contributed by atoms with E-state index in [1.165, 1.54) is 4.68 Å². The lowest BCUT2D eigenvalue weighted by Gasteiger charge is -2.20. The summed E-state index contributed by atoms with van der Waals surface area (Å²) in [5.74, 6) is 0. The summed E-state index contributed by atoms with van der Waals surface area (Å²) in [5.41, 5.74) is 1.73. The third kappa shape index (κ3) is 3.82. The van der Waals surface area contributed by atoms with Crippen LogP contribution in [0.5, 0.6) is 0 Å². The van der Waals surface area contributed by atoms with Crippen molar-refractivity contribution in [2.45, 2.75) is 52.1 Å². The van der Waals surface area contributed by atoms with Crippen LogP contribution in [0.1, 0.15) is 38.4 Å². The smallest absolute Gasteiger partial charge is 0.315 e. The van der Waals surface area contributed by atoms with Gasteiger partial charge in [-0.2, -0.15) is 5.10 Å². The van der Waals surface area contributed by atoms with E-state index >= 15 is 0 Å². The average molecular weight is 278 g/mol. The molecule has 2 rings (SSSR count). The number of amides is 2. The monoisotopic (exact) mass is 278 g/mol. The van der Waals surface area contributed by atoms with Gasteiger partial charge in [0, 0.05) is 18.2 Å². The lowest BCUT2D eigenvalue weighted by atomic mass is 10.1. The molecule has 0 aliphatic heterocycles. The first-order chi connectivity index (χ1) is 9.35. The van der Waals surface area contributed by atoms with E-state index in [9.17, 15) is 9.59 Å². The van der Waals surface area contributed by atoms with Crippen molar-refractivity contribution in [3.63, 3.8) is 0 Å². The number of carbonyl (C=O) groups excluding carboxylic acids is 1. The van der Waals surface area contributed by atoms with E-state index in [1.807, 2.05) is 20.8 Å². The lowest BCUT2D eigenvalue weighted by molar-refractivity contribution is 0.231. The normalized spacial score (nSPS) is 13.9. The predicted octanol–water partition coefficient (Wildman–Crippen LogP) is 0.830. The number of hydrogen-bond donors (Lipinski definition) is 2. The molecule has 2 amide bonds. The first-order valence-corrected chi connectivity index (χ1v) is 7.01. The predicted molar refractivity (Wildman–Crippen MR) is 76.8 cm³/mol. The SMILES string of the molecule is CC(C)(C)NC(=O)NCCn1nc2c(cc1=O)CCC2. The Morgan fingerprint density at radius 1 is 1.40 bits per heavy atom. The van der Waals surface area contributed by atoms with Crippen LogP contribution in [-0.2, 0) is 19.4 Å². The molecule has 0 atom stereocenters. The fourth-order valence-corrected chi connectivity index (χ4v) is 2.26. The molecular weight excluding hydrogens is 256 g/mol. The number of fused-ring (bicyclic) bond motifs is 1. The van der Waals surface area contributed by atoms with Gasteiger partial charge in [-0.1, -0.05) is 0 Å². The van der Waals surface area contributed by atoms with Crippen molar-refractivity contribution < 1.29 is 4.79 Å². The molecule has 6 nitrogen and oxygen atoms in total. The fourth-order valence-electron chi connectivity index (χ4n) is 2.26. The van der Waals surface area contributed by atoms with Crippen LogP contribution >= 0.6 is 0 Å². The molecule has 0 bridgehead atoms. The molecule has 0 saturated heterocycles. The molecule has 1 heterocycles. The van der Waals surface area contributed by atoms with Gasteiger partial charge in [0.2, 0.25) is 0 Å². The van der Waals surface area contributed by atoms with Crippen LogP contribution < -0.4 is 16.2 Å². The zero-order chi connectivity index (χ0) is 14.8. The van der Waals surface area contributed by atoms with Crippen molar-refractivity contribution in [2.24, 2.45) is 0 Å². The van der Waals surface area contributed by atoms with Gasteiger partial charge in [0.1, 0.15) is 0 Å². The molecule has 0 saturated carbocycles. The van der Waals surface area contributed by atoms with Gasteiger partial charge in [0.15, 0.2) is 0 Å². The second-order valence-electron chi connectivity index (χ2n) is 6.16. The highest BCUT2D eigenvalue weighted by atomic mass is 16.2. The number of rotatable bonds is 3. The maximum atomic E-state index is 11.9. The maximum Gasteiger partial charge on any atom is 0.315 e. The molecule has 0 spiro atoms.